The van der Waals surface area contributed by atoms with Crippen molar-refractivity contribution in [2.75, 3.05) is 25.5 Å². The van der Waals surface area contributed by atoms with Gasteiger partial charge in [0.2, 0.25) is 5.91 Å². The lowest BCUT2D eigenvalue weighted by Crippen LogP contribution is -2.49. The smallest absolute Gasteiger partial charge is 0.255 e. The molecule has 0 bridgehead atoms. The molecule has 2 fully saturated rings. The molecule has 0 unspecified atom stereocenters. The molecule has 0 spiro atoms. The zero-order chi connectivity index (χ0) is 23.0. The molecule has 4 heterocycles. The number of hydrogen-bond donors (Lipinski definition) is 1. The minimum atomic E-state index is -0.206. The highest BCUT2D eigenvalue weighted by atomic mass is 16.2. The summed E-state index contributed by atoms with van der Waals surface area (Å²) in [5.74, 6) is 0.890. The molecule has 1 saturated heterocycles. The number of fused-ring (bicyclic) bond motifs is 1. The van der Waals surface area contributed by atoms with Gasteiger partial charge < -0.3 is 19.5 Å². The van der Waals surface area contributed by atoms with Crippen molar-refractivity contribution in [3.8, 4) is 0 Å². The van der Waals surface area contributed by atoms with Crippen LogP contribution in [0.4, 0.5) is 5.82 Å². The zero-order valence-electron chi connectivity index (χ0n) is 19.2. The minimum absolute atomic E-state index is 0.0333. The van der Waals surface area contributed by atoms with Gasteiger partial charge in [0.15, 0.2) is 0 Å². The fourth-order valence-electron chi connectivity index (χ4n) is 4.86. The van der Waals surface area contributed by atoms with Crippen LogP contribution in [0.1, 0.15) is 48.7 Å². The number of hydrogen-bond acceptors (Lipinski definition) is 5. The molecule has 1 atom stereocenters. The Labute approximate surface area is 193 Å². The normalized spacial score (nSPS) is 19.3. The summed E-state index contributed by atoms with van der Waals surface area (Å²) in [4.78, 5) is 38.4. The molecule has 5 rings (SSSR count). The second-order valence-electron chi connectivity index (χ2n) is 9.49. The van der Waals surface area contributed by atoms with E-state index in [2.05, 4.69) is 22.2 Å². The molecule has 1 N–H and O–H groups in total. The molecule has 8 heteroatoms. The Hall–Kier alpha value is -3.42. The lowest BCUT2D eigenvalue weighted by atomic mass is 9.69. The number of amides is 2. The molecule has 1 saturated carbocycles. The lowest BCUT2D eigenvalue weighted by Gasteiger charge is -2.41. The van der Waals surface area contributed by atoms with E-state index in [0.29, 0.717) is 31.0 Å². The summed E-state index contributed by atoms with van der Waals surface area (Å²) >= 11 is 0. The van der Waals surface area contributed by atoms with Crippen molar-refractivity contribution in [3.05, 3.63) is 60.2 Å². The van der Waals surface area contributed by atoms with Crippen molar-refractivity contribution in [2.45, 2.75) is 45.2 Å². The van der Waals surface area contributed by atoms with Crippen LogP contribution in [0.3, 0.4) is 0 Å². The minimum Gasteiger partial charge on any atom is -0.364 e. The van der Waals surface area contributed by atoms with Crippen molar-refractivity contribution in [1.82, 2.24) is 24.2 Å². The van der Waals surface area contributed by atoms with E-state index in [0.717, 1.165) is 37.0 Å². The van der Waals surface area contributed by atoms with Crippen LogP contribution in [0.25, 0.3) is 5.65 Å². The van der Waals surface area contributed by atoms with Crippen molar-refractivity contribution >= 4 is 23.3 Å². The molecule has 1 aliphatic carbocycles. The zero-order valence-corrected chi connectivity index (χ0v) is 19.2. The molecule has 172 valence electrons. The Morgan fingerprint density at radius 2 is 2.03 bits per heavy atom. The predicted octanol–water partition coefficient (Wildman–Crippen LogP) is 3.20. The summed E-state index contributed by atoms with van der Waals surface area (Å²) in [6.07, 6.45) is 9.33. The predicted molar refractivity (Wildman–Crippen MR) is 126 cm³/mol. The SMILES string of the molecule is CN(C(=O)C1(C)CCC1)[C@H]1CCN(C(=O)c2ccc(NCc3cnc4ccccn34)nc2)C1. The first-order valence-electron chi connectivity index (χ1n) is 11.6. The van der Waals surface area contributed by atoms with Gasteiger partial charge >= 0.3 is 0 Å². The molecule has 2 aliphatic rings. The summed E-state index contributed by atoms with van der Waals surface area (Å²) in [7, 11) is 1.89. The maximum Gasteiger partial charge on any atom is 0.255 e. The van der Waals surface area contributed by atoms with E-state index in [4.69, 9.17) is 0 Å². The third kappa shape index (κ3) is 4.05. The number of likely N-dealkylation sites (tertiary alicyclic amines) is 1. The van der Waals surface area contributed by atoms with Crippen LogP contribution in [0.15, 0.2) is 48.9 Å². The van der Waals surface area contributed by atoms with Gasteiger partial charge in [0.1, 0.15) is 11.5 Å². The van der Waals surface area contributed by atoms with Crippen LogP contribution in [-0.2, 0) is 11.3 Å². The van der Waals surface area contributed by atoms with Crippen molar-refractivity contribution in [1.29, 1.82) is 0 Å². The van der Waals surface area contributed by atoms with Gasteiger partial charge in [-0.25, -0.2) is 9.97 Å². The molecule has 0 radical (unpaired) electrons. The first-order valence-corrected chi connectivity index (χ1v) is 11.6. The number of nitrogens with one attached hydrogen (secondary N) is 1. The van der Waals surface area contributed by atoms with E-state index in [-0.39, 0.29) is 23.3 Å². The van der Waals surface area contributed by atoms with Crippen molar-refractivity contribution in [2.24, 2.45) is 5.41 Å². The van der Waals surface area contributed by atoms with Crippen LogP contribution < -0.4 is 5.32 Å². The van der Waals surface area contributed by atoms with E-state index in [1.165, 1.54) is 0 Å². The van der Waals surface area contributed by atoms with Gasteiger partial charge in [-0.2, -0.15) is 0 Å². The first-order chi connectivity index (χ1) is 15.9. The highest BCUT2D eigenvalue weighted by Crippen LogP contribution is 2.42. The van der Waals surface area contributed by atoms with E-state index in [1.54, 1.807) is 6.20 Å². The Kier molecular flexibility index (Phi) is 5.52. The largest absolute Gasteiger partial charge is 0.364 e. The van der Waals surface area contributed by atoms with E-state index >= 15 is 0 Å². The highest BCUT2D eigenvalue weighted by Gasteiger charge is 2.43. The third-order valence-electron chi connectivity index (χ3n) is 7.25. The summed E-state index contributed by atoms with van der Waals surface area (Å²) in [5.41, 5.74) is 2.30. The molecule has 0 aromatic carbocycles. The van der Waals surface area contributed by atoms with E-state index in [9.17, 15) is 9.59 Å². The lowest BCUT2D eigenvalue weighted by molar-refractivity contribution is -0.146. The molecule has 3 aromatic heterocycles. The first kappa shape index (κ1) is 21.4. The van der Waals surface area contributed by atoms with Crippen molar-refractivity contribution in [3.63, 3.8) is 0 Å². The molecule has 1 aliphatic heterocycles. The molecular weight excluding hydrogens is 416 g/mol. The van der Waals surface area contributed by atoms with Crippen LogP contribution in [0, 0.1) is 5.41 Å². The van der Waals surface area contributed by atoms with Gasteiger partial charge in [0.25, 0.3) is 5.91 Å². The Balaban J connectivity index is 1.17. The number of carbonyl (C=O) groups is 2. The molecular formula is C25H30N6O2. The Bertz CT molecular complexity index is 1170. The van der Waals surface area contributed by atoms with Crippen molar-refractivity contribution < 1.29 is 9.59 Å². The van der Waals surface area contributed by atoms with Gasteiger partial charge in [-0.1, -0.05) is 19.4 Å². The number of aromatic nitrogens is 3. The fraction of sp³-hybridized carbons (Fsp3) is 0.440. The summed E-state index contributed by atoms with van der Waals surface area (Å²) in [5, 5.41) is 3.29. The molecule has 2 amide bonds. The number of rotatable bonds is 6. The summed E-state index contributed by atoms with van der Waals surface area (Å²) < 4.78 is 2.03. The maximum atomic E-state index is 13.0. The third-order valence-corrected chi connectivity index (χ3v) is 7.25. The number of imidazole rings is 1. The van der Waals surface area contributed by atoms with Crippen LogP contribution >= 0.6 is 0 Å². The second-order valence-corrected chi connectivity index (χ2v) is 9.49. The number of carbonyl (C=O) groups excluding carboxylic acids is 2. The maximum absolute atomic E-state index is 13.0. The highest BCUT2D eigenvalue weighted by molar-refractivity contribution is 5.94. The van der Waals surface area contributed by atoms with Gasteiger partial charge in [0, 0.05) is 37.9 Å². The topological polar surface area (TPSA) is 82.8 Å². The fourth-order valence-corrected chi connectivity index (χ4v) is 4.86. The summed E-state index contributed by atoms with van der Waals surface area (Å²) in [6, 6.07) is 9.62. The number of nitrogens with zero attached hydrogens (tertiary/aromatic N) is 5. The van der Waals surface area contributed by atoms with Crippen LogP contribution in [0.2, 0.25) is 0 Å². The van der Waals surface area contributed by atoms with Crippen LogP contribution in [-0.4, -0.2) is 62.2 Å². The van der Waals surface area contributed by atoms with E-state index in [1.807, 2.05) is 64.0 Å². The molecule has 33 heavy (non-hydrogen) atoms. The van der Waals surface area contributed by atoms with Crippen LogP contribution in [0.5, 0.6) is 0 Å². The quantitative estimate of drug-likeness (QED) is 0.629. The summed E-state index contributed by atoms with van der Waals surface area (Å²) in [6.45, 7) is 3.88. The standard InChI is InChI=1S/C25H30N6O2/c1-25(10-5-11-25)24(33)29(2)19-9-13-30(17-19)23(32)18-7-8-21(26-14-18)27-15-20-16-28-22-6-3-4-12-31(20)22/h3-4,6-8,12,14,16,19H,5,9-11,13,15,17H2,1-2H3,(H,26,27)/t19-/m0/s1. The molecule has 3 aromatic rings. The van der Waals surface area contributed by atoms with Gasteiger partial charge in [-0.3, -0.25) is 9.59 Å². The van der Waals surface area contributed by atoms with Gasteiger partial charge in [0.05, 0.1) is 30.0 Å². The number of anilines is 1. The molecule has 8 nitrogen and oxygen atoms in total. The Morgan fingerprint density at radius 3 is 2.76 bits per heavy atom. The number of likely N-dealkylation sites (N-methyl/N-ethyl adjacent to an activating group) is 1. The average molecular weight is 447 g/mol. The Morgan fingerprint density at radius 1 is 1.18 bits per heavy atom. The number of pyridine rings is 2. The van der Waals surface area contributed by atoms with E-state index < -0.39 is 0 Å². The second kappa shape index (κ2) is 8.50. The average Bonchev–Trinajstić information content (AvgIpc) is 3.48. The van der Waals surface area contributed by atoms with Gasteiger partial charge in [-0.15, -0.1) is 0 Å². The monoisotopic (exact) mass is 446 g/mol. The van der Waals surface area contributed by atoms with Gasteiger partial charge in [-0.05, 0) is 43.5 Å².